The molecule has 6 rings (SSSR count). The number of nitrogens with zero attached hydrogens (tertiary/aromatic N) is 7. The van der Waals surface area contributed by atoms with Crippen LogP contribution in [0.2, 0.25) is 0 Å². The number of fused-ring (bicyclic) bond motifs is 2. The fourth-order valence-corrected chi connectivity index (χ4v) is 6.17. The minimum atomic E-state index is -0.683. The maximum absolute atomic E-state index is 13.9. The van der Waals surface area contributed by atoms with Crippen molar-refractivity contribution in [3.8, 4) is 17.1 Å². The van der Waals surface area contributed by atoms with E-state index < -0.39 is 11.7 Å². The van der Waals surface area contributed by atoms with Crippen LogP contribution in [0.5, 0.6) is 5.75 Å². The molecule has 40 heavy (non-hydrogen) atoms. The molecule has 0 aliphatic carbocycles. The summed E-state index contributed by atoms with van der Waals surface area (Å²) in [6.07, 6.45) is 4.92. The van der Waals surface area contributed by atoms with Crippen molar-refractivity contribution >= 4 is 17.6 Å². The average Bonchev–Trinajstić information content (AvgIpc) is 3.22. The van der Waals surface area contributed by atoms with Crippen molar-refractivity contribution in [1.29, 1.82) is 0 Å². The molecule has 0 bridgehead atoms. The van der Waals surface area contributed by atoms with E-state index in [0.29, 0.717) is 40.5 Å². The number of hydrogen-bond acceptors (Lipinski definition) is 8. The van der Waals surface area contributed by atoms with Gasteiger partial charge in [-0.25, -0.2) is 19.7 Å². The third kappa shape index (κ3) is 4.94. The zero-order chi connectivity index (χ0) is 28.2. The summed E-state index contributed by atoms with van der Waals surface area (Å²) in [5, 5.41) is 4.32. The van der Waals surface area contributed by atoms with E-state index in [1.165, 1.54) is 11.9 Å². The highest BCUT2D eigenvalue weighted by atomic mass is 16.6. The van der Waals surface area contributed by atoms with Crippen molar-refractivity contribution in [2.24, 2.45) is 7.05 Å². The summed E-state index contributed by atoms with van der Waals surface area (Å²) in [7, 11) is 4.05. The number of aryl methyl sites for hydroxylation is 2. The maximum Gasteiger partial charge on any atom is 0.420 e. The number of aromatic nitrogens is 4. The molecule has 2 saturated heterocycles. The third-order valence-corrected chi connectivity index (χ3v) is 8.22. The molecule has 1 aromatic carbocycles. The van der Waals surface area contributed by atoms with Crippen LogP contribution in [0.25, 0.3) is 11.4 Å². The first-order chi connectivity index (χ1) is 19.1. The van der Waals surface area contributed by atoms with Gasteiger partial charge in [-0.3, -0.25) is 9.58 Å². The van der Waals surface area contributed by atoms with Crippen molar-refractivity contribution < 1.29 is 14.3 Å². The molecule has 10 heteroatoms. The van der Waals surface area contributed by atoms with Crippen molar-refractivity contribution in [3.63, 3.8) is 0 Å². The standard InChI is InChI=1S/C30H39N7O3/c1-19-13-21(20-8-11-36(12-9-20)22-15-34(5)16-22)14-25-27(19)39-17-23-26(24-7-10-33-35(24)6)31-18-32-28(23)37(25)29(38)40-30(2,3)4/h7,10,13-14,18,20,22H,8-9,11-12,15-17H2,1-6H3. The molecule has 10 nitrogen and oxygen atoms in total. The van der Waals surface area contributed by atoms with Gasteiger partial charge in [0.2, 0.25) is 0 Å². The molecule has 0 atom stereocenters. The Hall–Kier alpha value is -3.50. The number of carbonyl (C=O) groups is 1. The summed E-state index contributed by atoms with van der Waals surface area (Å²) in [5.41, 5.74) is 4.42. The first-order valence-corrected chi connectivity index (χ1v) is 14.1. The first-order valence-electron chi connectivity index (χ1n) is 14.1. The van der Waals surface area contributed by atoms with E-state index in [4.69, 9.17) is 9.47 Å². The highest BCUT2D eigenvalue weighted by Crippen LogP contribution is 2.45. The average molecular weight is 546 g/mol. The maximum atomic E-state index is 13.9. The predicted octanol–water partition coefficient (Wildman–Crippen LogP) is 4.64. The largest absolute Gasteiger partial charge is 0.486 e. The Morgan fingerprint density at radius 3 is 2.50 bits per heavy atom. The fraction of sp³-hybridized carbons (Fsp3) is 0.533. The molecule has 2 fully saturated rings. The molecule has 3 aliphatic rings. The zero-order valence-electron chi connectivity index (χ0n) is 24.3. The summed E-state index contributed by atoms with van der Waals surface area (Å²) in [6.45, 7) is 12.4. The molecule has 212 valence electrons. The Morgan fingerprint density at radius 1 is 1.10 bits per heavy atom. The Bertz CT molecular complexity index is 1420. The Balaban J connectivity index is 1.40. The molecule has 3 aliphatic heterocycles. The Kier molecular flexibility index (Phi) is 6.78. The number of likely N-dealkylation sites (N-methyl/N-ethyl adjacent to an activating group) is 1. The van der Waals surface area contributed by atoms with E-state index in [0.717, 1.165) is 50.3 Å². The third-order valence-electron chi connectivity index (χ3n) is 8.22. The lowest BCUT2D eigenvalue weighted by Crippen LogP contribution is -2.59. The molecule has 2 aromatic heterocycles. The second-order valence-electron chi connectivity index (χ2n) is 12.3. The number of benzene rings is 1. The lowest BCUT2D eigenvalue weighted by molar-refractivity contribution is 0.0363. The van der Waals surface area contributed by atoms with Crippen LogP contribution in [0.1, 0.15) is 56.2 Å². The quantitative estimate of drug-likeness (QED) is 0.470. The van der Waals surface area contributed by atoms with Crippen molar-refractivity contribution in [2.45, 2.75) is 64.7 Å². The van der Waals surface area contributed by atoms with E-state index >= 15 is 0 Å². The van der Waals surface area contributed by atoms with Gasteiger partial charge in [0.25, 0.3) is 0 Å². The molecular weight excluding hydrogens is 506 g/mol. The molecule has 3 aromatic rings. The van der Waals surface area contributed by atoms with E-state index in [1.54, 1.807) is 15.8 Å². The number of likely N-dealkylation sites (tertiary alicyclic amines) is 2. The van der Waals surface area contributed by atoms with E-state index in [1.807, 2.05) is 33.9 Å². The molecule has 0 unspecified atom stereocenters. The summed E-state index contributed by atoms with van der Waals surface area (Å²) in [6, 6.07) is 6.92. The minimum Gasteiger partial charge on any atom is -0.486 e. The molecule has 5 heterocycles. The fourth-order valence-electron chi connectivity index (χ4n) is 6.17. The lowest BCUT2D eigenvalue weighted by Gasteiger charge is -2.46. The van der Waals surface area contributed by atoms with Crippen LogP contribution >= 0.6 is 0 Å². The predicted molar refractivity (Wildman–Crippen MR) is 153 cm³/mol. The Labute approximate surface area is 235 Å². The number of rotatable bonds is 3. The molecule has 0 radical (unpaired) electrons. The molecule has 1 amide bonds. The van der Waals surface area contributed by atoms with Crippen LogP contribution in [0.3, 0.4) is 0 Å². The van der Waals surface area contributed by atoms with Crippen molar-refractivity contribution in [3.05, 3.63) is 47.4 Å². The van der Waals surface area contributed by atoms with Gasteiger partial charge in [-0.15, -0.1) is 0 Å². The van der Waals surface area contributed by atoms with Gasteiger partial charge in [0.15, 0.2) is 5.82 Å². The van der Waals surface area contributed by atoms with Crippen LogP contribution in [0.15, 0.2) is 30.7 Å². The molecule has 0 spiro atoms. The van der Waals surface area contributed by atoms with Crippen LogP contribution in [0.4, 0.5) is 16.3 Å². The molecular formula is C30H39N7O3. The highest BCUT2D eigenvalue weighted by Gasteiger charge is 2.36. The number of carbonyl (C=O) groups excluding carboxylic acids is 1. The highest BCUT2D eigenvalue weighted by molar-refractivity contribution is 5.99. The summed E-state index contributed by atoms with van der Waals surface area (Å²) >= 11 is 0. The topological polar surface area (TPSA) is 88.9 Å². The van der Waals surface area contributed by atoms with Crippen molar-refractivity contribution in [1.82, 2.24) is 29.5 Å². The molecule has 0 N–H and O–H groups in total. The van der Waals surface area contributed by atoms with Gasteiger partial charge in [-0.05, 0) is 89.9 Å². The number of ether oxygens (including phenoxy) is 2. The summed E-state index contributed by atoms with van der Waals surface area (Å²) in [5.74, 6) is 1.55. The summed E-state index contributed by atoms with van der Waals surface area (Å²) < 4.78 is 14.1. The number of anilines is 2. The van der Waals surface area contributed by atoms with Gasteiger partial charge in [0.05, 0.1) is 16.9 Å². The van der Waals surface area contributed by atoms with E-state index in [2.05, 4.69) is 51.0 Å². The van der Waals surface area contributed by atoms with Gasteiger partial charge < -0.3 is 14.4 Å². The van der Waals surface area contributed by atoms with Gasteiger partial charge in [0.1, 0.15) is 30.0 Å². The monoisotopic (exact) mass is 545 g/mol. The summed E-state index contributed by atoms with van der Waals surface area (Å²) in [4.78, 5) is 29.7. The van der Waals surface area contributed by atoms with Gasteiger partial charge in [-0.1, -0.05) is 6.07 Å². The van der Waals surface area contributed by atoms with Crippen molar-refractivity contribution in [2.75, 3.05) is 38.1 Å². The Morgan fingerprint density at radius 2 is 1.85 bits per heavy atom. The smallest absolute Gasteiger partial charge is 0.420 e. The lowest BCUT2D eigenvalue weighted by atomic mass is 9.87. The van der Waals surface area contributed by atoms with Gasteiger partial charge >= 0.3 is 6.09 Å². The van der Waals surface area contributed by atoms with E-state index in [9.17, 15) is 4.79 Å². The number of piperidine rings is 1. The first kappa shape index (κ1) is 26.7. The normalized spacial score (nSPS) is 18.9. The molecule has 0 saturated carbocycles. The van der Waals surface area contributed by atoms with Crippen LogP contribution in [0, 0.1) is 6.92 Å². The van der Waals surface area contributed by atoms with Gasteiger partial charge in [-0.2, -0.15) is 5.10 Å². The van der Waals surface area contributed by atoms with Gasteiger partial charge in [0, 0.05) is 32.4 Å². The van der Waals surface area contributed by atoms with E-state index in [-0.39, 0.29) is 6.61 Å². The SMILES string of the molecule is Cc1cc(C2CCN(C3CN(C)C3)CC2)cc2c1OCc1c(-c3ccnn3C)ncnc1N2C(=O)OC(C)(C)C. The number of hydrogen-bond donors (Lipinski definition) is 0. The number of amides is 1. The van der Waals surface area contributed by atoms with Crippen LogP contribution in [-0.4, -0.2) is 80.5 Å². The van der Waals surface area contributed by atoms with Crippen LogP contribution < -0.4 is 9.64 Å². The second-order valence-corrected chi connectivity index (χ2v) is 12.3. The van der Waals surface area contributed by atoms with Crippen LogP contribution in [-0.2, 0) is 18.4 Å². The minimum absolute atomic E-state index is 0.220. The zero-order valence-corrected chi connectivity index (χ0v) is 24.3. The second kappa shape index (κ2) is 10.2.